The molecule has 25 heavy (non-hydrogen) atoms. The van der Waals surface area contributed by atoms with Gasteiger partial charge in [-0.2, -0.15) is 0 Å². The Morgan fingerprint density at radius 2 is 2.00 bits per heavy atom. The lowest BCUT2D eigenvalue weighted by Crippen LogP contribution is -2.33. The van der Waals surface area contributed by atoms with E-state index in [0.717, 1.165) is 17.4 Å². The van der Waals surface area contributed by atoms with Gasteiger partial charge >= 0.3 is 6.03 Å². The summed E-state index contributed by atoms with van der Waals surface area (Å²) in [5, 5.41) is 0.385. The lowest BCUT2D eigenvalue weighted by molar-refractivity contribution is 0.100. The van der Waals surface area contributed by atoms with E-state index in [0.29, 0.717) is 27.8 Å². The Morgan fingerprint density at radius 3 is 2.56 bits per heavy atom. The number of halogens is 2. The second kappa shape index (κ2) is 6.40. The molecule has 132 valence electrons. The maximum atomic E-state index is 13.4. The van der Waals surface area contributed by atoms with Crippen LogP contribution < -0.4 is 10.6 Å². The molecule has 2 N–H and O–H groups in total. The molecule has 1 aliphatic rings. The molecule has 0 bridgehead atoms. The van der Waals surface area contributed by atoms with Crippen LogP contribution in [0, 0.1) is 18.6 Å². The van der Waals surface area contributed by atoms with E-state index in [1.807, 2.05) is 6.92 Å². The normalized spacial score (nSPS) is 17.4. The Hall–Kier alpha value is -2.55. The fourth-order valence-corrected chi connectivity index (χ4v) is 3.71. The molecule has 1 aliphatic heterocycles. The molecule has 3 amide bonds. The second-order valence-corrected chi connectivity index (χ2v) is 6.90. The Balaban J connectivity index is 1.83. The van der Waals surface area contributed by atoms with Crippen molar-refractivity contribution in [2.75, 3.05) is 11.4 Å². The van der Waals surface area contributed by atoms with Crippen LogP contribution in [0.15, 0.2) is 18.2 Å². The van der Waals surface area contributed by atoms with Gasteiger partial charge in [-0.25, -0.2) is 18.6 Å². The third kappa shape index (κ3) is 3.32. The summed E-state index contributed by atoms with van der Waals surface area (Å²) in [4.78, 5) is 31.6. The van der Waals surface area contributed by atoms with Gasteiger partial charge in [-0.3, -0.25) is 9.69 Å². The first-order valence-electron chi connectivity index (χ1n) is 7.56. The van der Waals surface area contributed by atoms with Crippen LogP contribution in [-0.2, 0) is 6.54 Å². The summed E-state index contributed by atoms with van der Waals surface area (Å²) in [6, 6.07) is 2.67. The molecule has 2 heterocycles. The van der Waals surface area contributed by atoms with Gasteiger partial charge in [0.25, 0.3) is 5.91 Å². The number of primary amides is 1. The van der Waals surface area contributed by atoms with Crippen molar-refractivity contribution in [1.29, 1.82) is 0 Å². The molecule has 1 aromatic heterocycles. The van der Waals surface area contributed by atoms with Crippen molar-refractivity contribution >= 4 is 28.4 Å². The van der Waals surface area contributed by atoms with Crippen LogP contribution in [-0.4, -0.2) is 34.4 Å². The summed E-state index contributed by atoms with van der Waals surface area (Å²) >= 11 is 1.06. The zero-order valence-corrected chi connectivity index (χ0v) is 14.4. The summed E-state index contributed by atoms with van der Waals surface area (Å²) in [7, 11) is 0. The molecule has 1 fully saturated rings. The molecular formula is C16H16F2N4O2S. The van der Waals surface area contributed by atoms with Gasteiger partial charge in [0.1, 0.15) is 16.5 Å². The Kier molecular flexibility index (Phi) is 4.42. The number of urea groups is 1. The number of benzene rings is 1. The zero-order chi connectivity index (χ0) is 18.3. The predicted octanol–water partition coefficient (Wildman–Crippen LogP) is 2.66. The Bertz CT molecular complexity index is 834. The van der Waals surface area contributed by atoms with Crippen molar-refractivity contribution in [1.82, 2.24) is 9.88 Å². The van der Waals surface area contributed by atoms with E-state index in [2.05, 4.69) is 4.98 Å². The molecule has 6 nitrogen and oxygen atoms in total. The van der Waals surface area contributed by atoms with Crippen LogP contribution in [0.4, 0.5) is 18.7 Å². The number of aryl methyl sites for hydroxylation is 1. The Labute approximate surface area is 146 Å². The highest BCUT2D eigenvalue weighted by Gasteiger charge is 2.37. The molecule has 1 atom stereocenters. The number of aromatic nitrogens is 1. The van der Waals surface area contributed by atoms with Gasteiger partial charge in [0.05, 0.1) is 12.2 Å². The highest BCUT2D eigenvalue weighted by Crippen LogP contribution is 2.31. The van der Waals surface area contributed by atoms with Gasteiger partial charge < -0.3 is 10.6 Å². The lowest BCUT2D eigenvalue weighted by Gasteiger charge is -2.20. The highest BCUT2D eigenvalue weighted by atomic mass is 32.1. The number of nitrogens with two attached hydrogens (primary N) is 1. The molecule has 3 rings (SSSR count). The lowest BCUT2D eigenvalue weighted by atomic mass is 10.2. The number of hydrogen-bond donors (Lipinski definition) is 1. The smallest absolute Gasteiger partial charge is 0.326 e. The monoisotopic (exact) mass is 366 g/mol. The zero-order valence-electron chi connectivity index (χ0n) is 13.6. The molecular weight excluding hydrogens is 350 g/mol. The molecule has 2 aromatic rings. The summed E-state index contributed by atoms with van der Waals surface area (Å²) in [5.41, 5.74) is 6.13. The topological polar surface area (TPSA) is 79.5 Å². The number of thiazole rings is 1. The number of amides is 3. The van der Waals surface area contributed by atoms with Crippen LogP contribution in [0.3, 0.4) is 0 Å². The largest absolute Gasteiger partial charge is 0.365 e. The van der Waals surface area contributed by atoms with Crippen LogP contribution in [0.25, 0.3) is 0 Å². The van der Waals surface area contributed by atoms with Crippen molar-refractivity contribution < 1.29 is 18.4 Å². The average molecular weight is 366 g/mol. The quantitative estimate of drug-likeness (QED) is 0.903. The van der Waals surface area contributed by atoms with Gasteiger partial charge in [-0.05, 0) is 31.5 Å². The molecule has 9 heteroatoms. The van der Waals surface area contributed by atoms with Crippen LogP contribution in [0.5, 0.6) is 0 Å². The maximum Gasteiger partial charge on any atom is 0.326 e. The van der Waals surface area contributed by atoms with E-state index in [1.54, 1.807) is 6.92 Å². The fraction of sp³-hybridized carbons (Fsp3) is 0.312. The highest BCUT2D eigenvalue weighted by molar-refractivity contribution is 7.17. The van der Waals surface area contributed by atoms with E-state index in [9.17, 15) is 18.4 Å². The van der Waals surface area contributed by atoms with E-state index in [1.165, 1.54) is 21.9 Å². The molecule has 0 radical (unpaired) electrons. The summed E-state index contributed by atoms with van der Waals surface area (Å²) < 4.78 is 26.7. The number of carbonyl (C=O) groups is 2. The molecule has 1 aromatic carbocycles. The van der Waals surface area contributed by atoms with Crippen molar-refractivity contribution in [3.05, 3.63) is 46.0 Å². The van der Waals surface area contributed by atoms with Crippen molar-refractivity contribution in [2.45, 2.75) is 26.4 Å². The standard InChI is InChI=1S/C16H16F2N4O2S/c1-8-6-22(15-20-9(2)13(25-15)14(19)23)16(24)21(8)7-10-3-11(17)5-12(18)4-10/h3-5,8H,6-7H2,1-2H3,(H2,19,23)/t8-/m1/s1. The second-order valence-electron chi connectivity index (χ2n) is 5.92. The minimum Gasteiger partial charge on any atom is -0.365 e. The van der Waals surface area contributed by atoms with Gasteiger partial charge in [0.2, 0.25) is 0 Å². The van der Waals surface area contributed by atoms with E-state index in [4.69, 9.17) is 5.73 Å². The summed E-state index contributed by atoms with van der Waals surface area (Å²) in [6.07, 6.45) is 0. The minimum absolute atomic E-state index is 0.0816. The third-order valence-electron chi connectivity index (χ3n) is 3.97. The molecule has 0 spiro atoms. The number of carbonyl (C=O) groups excluding carboxylic acids is 2. The van der Waals surface area contributed by atoms with Crippen LogP contribution in [0.2, 0.25) is 0 Å². The van der Waals surface area contributed by atoms with Crippen molar-refractivity contribution in [2.24, 2.45) is 5.73 Å². The average Bonchev–Trinajstić information content (AvgIpc) is 3.01. The van der Waals surface area contributed by atoms with E-state index in [-0.39, 0.29) is 18.6 Å². The minimum atomic E-state index is -0.687. The van der Waals surface area contributed by atoms with Gasteiger partial charge in [-0.15, -0.1) is 0 Å². The van der Waals surface area contributed by atoms with Crippen molar-refractivity contribution in [3.8, 4) is 0 Å². The Morgan fingerprint density at radius 1 is 1.36 bits per heavy atom. The third-order valence-corrected chi connectivity index (χ3v) is 5.17. The van der Waals surface area contributed by atoms with Crippen molar-refractivity contribution in [3.63, 3.8) is 0 Å². The number of anilines is 1. The van der Waals surface area contributed by atoms with Gasteiger partial charge in [-0.1, -0.05) is 11.3 Å². The number of nitrogens with zero attached hydrogens (tertiary/aromatic N) is 3. The SMILES string of the molecule is Cc1nc(N2C[C@@H](C)N(Cc3cc(F)cc(F)c3)C2=O)sc1C(N)=O. The summed E-state index contributed by atoms with van der Waals surface area (Å²) in [6.45, 7) is 3.93. The first-order chi connectivity index (χ1) is 11.8. The van der Waals surface area contributed by atoms with Gasteiger partial charge in [0, 0.05) is 18.7 Å². The molecule has 0 unspecified atom stereocenters. The van der Waals surface area contributed by atoms with Gasteiger partial charge in [0.15, 0.2) is 5.13 Å². The maximum absolute atomic E-state index is 13.4. The first-order valence-corrected chi connectivity index (χ1v) is 8.38. The fourth-order valence-electron chi connectivity index (χ4n) is 2.79. The first kappa shape index (κ1) is 17.3. The van der Waals surface area contributed by atoms with Crippen LogP contribution >= 0.6 is 11.3 Å². The molecule has 1 saturated heterocycles. The van der Waals surface area contributed by atoms with E-state index < -0.39 is 17.5 Å². The predicted molar refractivity (Wildman–Crippen MR) is 89.5 cm³/mol. The van der Waals surface area contributed by atoms with E-state index >= 15 is 0 Å². The molecule has 0 aliphatic carbocycles. The van der Waals surface area contributed by atoms with Crippen LogP contribution in [0.1, 0.15) is 27.9 Å². The number of rotatable bonds is 4. The number of hydrogen-bond acceptors (Lipinski definition) is 4. The molecule has 0 saturated carbocycles. The summed E-state index contributed by atoms with van der Waals surface area (Å²) in [5.74, 6) is -1.96.